The van der Waals surface area contributed by atoms with Crippen LogP contribution < -0.4 is 9.80 Å². The smallest absolute Gasteiger partial charge is 0.242 e. The molecule has 10 nitrogen and oxygen atoms in total. The van der Waals surface area contributed by atoms with Gasteiger partial charge in [-0.1, -0.05) is 0 Å². The van der Waals surface area contributed by atoms with Gasteiger partial charge in [-0.3, -0.25) is 9.59 Å². The summed E-state index contributed by atoms with van der Waals surface area (Å²) >= 11 is 0. The number of carbonyl (C=O) groups is 2. The Hall–Kier alpha value is -2.46. The summed E-state index contributed by atoms with van der Waals surface area (Å²) in [6.45, 7) is 5.77. The van der Waals surface area contributed by atoms with Gasteiger partial charge >= 0.3 is 0 Å². The van der Waals surface area contributed by atoms with E-state index in [1.54, 1.807) is 14.2 Å². The second kappa shape index (κ2) is 11.1. The fourth-order valence-corrected chi connectivity index (χ4v) is 3.79. The van der Waals surface area contributed by atoms with Crippen molar-refractivity contribution in [3.05, 3.63) is 12.4 Å². The molecule has 3 heterocycles. The Bertz CT molecular complexity index is 663. The lowest BCUT2D eigenvalue weighted by molar-refractivity contribution is -0.130. The van der Waals surface area contributed by atoms with Gasteiger partial charge in [0.1, 0.15) is 18.0 Å². The van der Waals surface area contributed by atoms with E-state index in [2.05, 4.69) is 9.97 Å². The molecule has 166 valence electrons. The van der Waals surface area contributed by atoms with E-state index in [1.807, 2.05) is 25.7 Å². The maximum Gasteiger partial charge on any atom is 0.242 e. The van der Waals surface area contributed by atoms with Gasteiger partial charge in [-0.2, -0.15) is 0 Å². The van der Waals surface area contributed by atoms with Crippen molar-refractivity contribution in [2.75, 3.05) is 89.6 Å². The number of anilines is 2. The van der Waals surface area contributed by atoms with Gasteiger partial charge < -0.3 is 29.1 Å². The zero-order chi connectivity index (χ0) is 21.3. The molecule has 1 aromatic rings. The topological polar surface area (TPSA) is 91.3 Å². The molecule has 2 saturated heterocycles. The summed E-state index contributed by atoms with van der Waals surface area (Å²) in [5.74, 6) is 1.58. The third-order valence-electron chi connectivity index (χ3n) is 5.49. The largest absolute Gasteiger partial charge is 0.383 e. The third kappa shape index (κ3) is 5.79. The Morgan fingerprint density at radius 2 is 1.27 bits per heavy atom. The van der Waals surface area contributed by atoms with Gasteiger partial charge in [-0.25, -0.2) is 9.97 Å². The Balaban J connectivity index is 1.67. The predicted molar refractivity (Wildman–Crippen MR) is 113 cm³/mol. The Morgan fingerprint density at radius 3 is 1.70 bits per heavy atom. The van der Waals surface area contributed by atoms with Crippen LogP contribution in [0.15, 0.2) is 12.4 Å². The molecule has 0 unspecified atom stereocenters. The minimum absolute atomic E-state index is 0.0726. The van der Waals surface area contributed by atoms with Gasteiger partial charge in [-0.15, -0.1) is 0 Å². The average molecular weight is 421 g/mol. The number of amides is 2. The van der Waals surface area contributed by atoms with E-state index in [1.165, 1.54) is 6.33 Å². The highest BCUT2D eigenvalue weighted by molar-refractivity contribution is 5.83. The number of ether oxygens (including phenoxy) is 2. The lowest BCUT2D eigenvalue weighted by atomic mass is 10.3. The van der Waals surface area contributed by atoms with E-state index in [-0.39, 0.29) is 24.9 Å². The molecule has 0 bridgehead atoms. The summed E-state index contributed by atoms with van der Waals surface area (Å²) in [7, 11) is 3.28. The van der Waals surface area contributed by atoms with Gasteiger partial charge in [0.05, 0.1) is 26.3 Å². The van der Waals surface area contributed by atoms with Crippen molar-refractivity contribution in [2.24, 2.45) is 0 Å². The summed E-state index contributed by atoms with van der Waals surface area (Å²) < 4.78 is 10.2. The molecule has 30 heavy (non-hydrogen) atoms. The summed E-state index contributed by atoms with van der Waals surface area (Å²) in [5, 5.41) is 0. The standard InChI is InChI=1S/C20H32N6O4/c1-29-11-9-23-5-3-7-25(14-19(23)27)17-13-18(22-16-21-17)26-8-4-6-24(10-12-30-2)20(28)15-26/h13,16H,3-12,14-15H2,1-2H3. The Morgan fingerprint density at radius 1 is 0.800 bits per heavy atom. The van der Waals surface area contributed by atoms with Crippen molar-refractivity contribution in [3.8, 4) is 0 Å². The number of nitrogens with zero attached hydrogens (tertiary/aromatic N) is 6. The first-order valence-corrected chi connectivity index (χ1v) is 10.5. The summed E-state index contributed by atoms with van der Waals surface area (Å²) in [4.78, 5) is 41.7. The molecule has 3 rings (SSSR count). The molecule has 2 amide bonds. The molecule has 2 aliphatic rings. The van der Waals surface area contributed by atoms with Gasteiger partial charge in [0.2, 0.25) is 11.8 Å². The maximum absolute atomic E-state index is 12.6. The quantitative estimate of drug-likeness (QED) is 0.573. The van der Waals surface area contributed by atoms with Crippen LogP contribution in [0.2, 0.25) is 0 Å². The zero-order valence-corrected chi connectivity index (χ0v) is 18.0. The molecule has 2 aliphatic heterocycles. The summed E-state index contributed by atoms with van der Waals surface area (Å²) in [6.07, 6.45) is 3.25. The summed E-state index contributed by atoms with van der Waals surface area (Å²) in [5.41, 5.74) is 0. The highest BCUT2D eigenvalue weighted by Crippen LogP contribution is 2.21. The lowest BCUT2D eigenvalue weighted by Crippen LogP contribution is -2.39. The number of rotatable bonds is 8. The normalized spacial score (nSPS) is 18.6. The molecule has 0 saturated carbocycles. The second-order valence-corrected chi connectivity index (χ2v) is 7.53. The van der Waals surface area contributed by atoms with Crippen molar-refractivity contribution in [1.82, 2.24) is 19.8 Å². The van der Waals surface area contributed by atoms with Crippen LogP contribution in [0.5, 0.6) is 0 Å². The predicted octanol–water partition coefficient (Wildman–Crippen LogP) is -0.153. The number of hydrogen-bond acceptors (Lipinski definition) is 8. The van der Waals surface area contributed by atoms with Gasteiger partial charge in [0.15, 0.2) is 0 Å². The number of methoxy groups -OCH3 is 2. The molecule has 1 aromatic heterocycles. The van der Waals surface area contributed by atoms with Crippen molar-refractivity contribution in [1.29, 1.82) is 0 Å². The molecule has 10 heteroatoms. The van der Waals surface area contributed by atoms with E-state index in [4.69, 9.17) is 9.47 Å². The second-order valence-electron chi connectivity index (χ2n) is 7.53. The lowest BCUT2D eigenvalue weighted by Gasteiger charge is -2.25. The van der Waals surface area contributed by atoms with Gasteiger partial charge in [0, 0.05) is 59.6 Å². The highest BCUT2D eigenvalue weighted by atomic mass is 16.5. The van der Waals surface area contributed by atoms with Gasteiger partial charge in [-0.05, 0) is 12.8 Å². The van der Waals surface area contributed by atoms with Crippen molar-refractivity contribution in [3.63, 3.8) is 0 Å². The Kier molecular flexibility index (Phi) is 8.21. The van der Waals surface area contributed by atoms with Crippen LogP contribution in [0.3, 0.4) is 0 Å². The molecule has 0 spiro atoms. The molecule has 0 N–H and O–H groups in total. The van der Waals surface area contributed by atoms with Crippen LogP contribution in [0.4, 0.5) is 11.6 Å². The number of carbonyl (C=O) groups excluding carboxylic acids is 2. The van der Waals surface area contributed by atoms with E-state index >= 15 is 0 Å². The first-order valence-electron chi connectivity index (χ1n) is 10.5. The van der Waals surface area contributed by atoms with Crippen LogP contribution in [0.1, 0.15) is 12.8 Å². The first-order chi connectivity index (χ1) is 14.6. The van der Waals surface area contributed by atoms with E-state index in [0.717, 1.165) is 37.6 Å². The molecular weight excluding hydrogens is 388 g/mol. The summed E-state index contributed by atoms with van der Waals surface area (Å²) in [6, 6.07) is 1.89. The van der Waals surface area contributed by atoms with Crippen LogP contribution in [0, 0.1) is 0 Å². The van der Waals surface area contributed by atoms with Gasteiger partial charge in [0.25, 0.3) is 0 Å². The van der Waals surface area contributed by atoms with Crippen LogP contribution in [-0.2, 0) is 19.1 Å². The minimum atomic E-state index is 0.0726. The van der Waals surface area contributed by atoms with E-state index < -0.39 is 0 Å². The zero-order valence-electron chi connectivity index (χ0n) is 18.0. The van der Waals surface area contributed by atoms with E-state index in [0.29, 0.717) is 39.4 Å². The monoisotopic (exact) mass is 420 g/mol. The first kappa shape index (κ1) is 22.2. The average Bonchev–Trinajstić information content (AvgIpc) is 3.06. The van der Waals surface area contributed by atoms with Crippen LogP contribution in [0.25, 0.3) is 0 Å². The van der Waals surface area contributed by atoms with Crippen molar-refractivity contribution >= 4 is 23.5 Å². The molecular formula is C20H32N6O4. The molecule has 2 fully saturated rings. The maximum atomic E-state index is 12.6. The molecule has 0 radical (unpaired) electrons. The fourth-order valence-electron chi connectivity index (χ4n) is 3.79. The van der Waals surface area contributed by atoms with Crippen LogP contribution in [-0.4, -0.2) is 111 Å². The number of hydrogen-bond donors (Lipinski definition) is 0. The molecule has 0 atom stereocenters. The third-order valence-corrected chi connectivity index (χ3v) is 5.49. The molecule has 0 aliphatic carbocycles. The highest BCUT2D eigenvalue weighted by Gasteiger charge is 2.25. The van der Waals surface area contributed by atoms with Crippen LogP contribution >= 0.6 is 0 Å². The Labute approximate surface area is 177 Å². The van der Waals surface area contributed by atoms with E-state index in [9.17, 15) is 9.59 Å². The minimum Gasteiger partial charge on any atom is -0.383 e. The molecule has 0 aromatic carbocycles. The number of aromatic nitrogens is 2. The fraction of sp³-hybridized carbons (Fsp3) is 0.700. The van der Waals surface area contributed by atoms with Crippen molar-refractivity contribution < 1.29 is 19.1 Å². The van der Waals surface area contributed by atoms with Crippen molar-refractivity contribution in [2.45, 2.75) is 12.8 Å². The SMILES string of the molecule is COCCN1CCCN(c2cc(N3CCCN(CCOC)C(=O)C3)ncn2)CC1=O.